The molecular formula is C10H16O4Pd. The van der Waals surface area contributed by atoms with Gasteiger partial charge < -0.3 is 19.8 Å². The van der Waals surface area contributed by atoms with Crippen molar-refractivity contribution in [2.75, 3.05) is 0 Å². The molecule has 0 unspecified atom stereocenters. The van der Waals surface area contributed by atoms with Crippen LogP contribution in [0.1, 0.15) is 51.4 Å². The predicted molar refractivity (Wildman–Crippen MR) is 47.0 cm³/mol. The molecule has 0 aromatic carbocycles. The van der Waals surface area contributed by atoms with Crippen molar-refractivity contribution < 1.29 is 40.2 Å². The molecule has 0 spiro atoms. The maximum atomic E-state index is 10.0. The first kappa shape index (κ1) is 17.0. The molecule has 0 aromatic heterocycles. The fourth-order valence-corrected chi connectivity index (χ4v) is 1.25. The Morgan fingerprint density at radius 1 is 0.667 bits per heavy atom. The second kappa shape index (κ2) is 11.7. The van der Waals surface area contributed by atoms with Crippen molar-refractivity contribution in [1.29, 1.82) is 0 Å². The zero-order valence-electron chi connectivity index (χ0n) is 8.61. The molecule has 0 bridgehead atoms. The standard InChI is InChI=1S/C10H18O4.Pd/c11-9(12)7-5-3-1-2-4-6-8-10(13)14;/h1-8H2,(H,11,12)(H,13,14);/q;+2/p-2. The zero-order chi connectivity index (χ0) is 10.8. The van der Waals surface area contributed by atoms with Crippen LogP contribution in [0.3, 0.4) is 0 Å². The largest absolute Gasteiger partial charge is 2.00 e. The van der Waals surface area contributed by atoms with Crippen molar-refractivity contribution >= 4 is 11.9 Å². The molecule has 90 valence electrons. The molecule has 0 aliphatic carbocycles. The Bertz CT molecular complexity index is 162. The Labute approximate surface area is 104 Å². The molecule has 0 aliphatic heterocycles. The van der Waals surface area contributed by atoms with Gasteiger partial charge in [0.1, 0.15) is 0 Å². The number of hydrogen-bond acceptors (Lipinski definition) is 4. The number of aliphatic carboxylic acids is 2. The van der Waals surface area contributed by atoms with Crippen molar-refractivity contribution in [2.45, 2.75) is 51.4 Å². The summed E-state index contributed by atoms with van der Waals surface area (Å²) in [6.07, 6.45) is 5.23. The normalized spacial score (nSPS) is 9.33. The number of unbranched alkanes of at least 4 members (excludes halogenated alkanes) is 5. The zero-order valence-corrected chi connectivity index (χ0v) is 10.2. The second-order valence-corrected chi connectivity index (χ2v) is 3.37. The van der Waals surface area contributed by atoms with Crippen LogP contribution in [0.15, 0.2) is 0 Å². The minimum Gasteiger partial charge on any atom is -0.550 e. The van der Waals surface area contributed by atoms with Gasteiger partial charge in [0.25, 0.3) is 0 Å². The van der Waals surface area contributed by atoms with Crippen molar-refractivity contribution in [3.05, 3.63) is 0 Å². The SMILES string of the molecule is O=C([O-])CCCCCCCCC(=O)[O-].[Pd+2]. The Kier molecular flexibility index (Phi) is 13.2. The van der Waals surface area contributed by atoms with Gasteiger partial charge >= 0.3 is 20.4 Å². The molecule has 4 nitrogen and oxygen atoms in total. The summed E-state index contributed by atoms with van der Waals surface area (Å²) in [7, 11) is 0. The molecule has 0 saturated carbocycles. The van der Waals surface area contributed by atoms with Gasteiger partial charge in [0.05, 0.1) is 0 Å². The third-order valence-corrected chi connectivity index (χ3v) is 2.01. The first-order chi connectivity index (χ1) is 6.63. The Balaban J connectivity index is 0. The summed E-state index contributed by atoms with van der Waals surface area (Å²) in [5, 5.41) is 20.1. The van der Waals surface area contributed by atoms with E-state index in [-0.39, 0.29) is 33.3 Å². The van der Waals surface area contributed by atoms with Crippen molar-refractivity contribution in [3.63, 3.8) is 0 Å². The second-order valence-electron chi connectivity index (χ2n) is 3.37. The van der Waals surface area contributed by atoms with Gasteiger partial charge in [0.2, 0.25) is 0 Å². The van der Waals surface area contributed by atoms with Gasteiger partial charge in [-0.15, -0.1) is 0 Å². The number of carboxylic acid groups (broad SMARTS) is 2. The van der Waals surface area contributed by atoms with Crippen LogP contribution in [0.25, 0.3) is 0 Å². The molecule has 0 aromatic rings. The number of rotatable bonds is 9. The van der Waals surface area contributed by atoms with Gasteiger partial charge in [-0.25, -0.2) is 0 Å². The van der Waals surface area contributed by atoms with Gasteiger partial charge in [-0.3, -0.25) is 0 Å². The summed E-state index contributed by atoms with van der Waals surface area (Å²) in [4.78, 5) is 20.1. The topological polar surface area (TPSA) is 80.3 Å². The summed E-state index contributed by atoms with van der Waals surface area (Å²) in [5.74, 6) is -2.00. The van der Waals surface area contributed by atoms with E-state index in [4.69, 9.17) is 0 Å². The minimum atomic E-state index is -0.998. The van der Waals surface area contributed by atoms with E-state index in [0.29, 0.717) is 12.8 Å². The summed E-state index contributed by atoms with van der Waals surface area (Å²) >= 11 is 0. The van der Waals surface area contributed by atoms with Gasteiger partial charge in [-0.1, -0.05) is 25.7 Å². The Hall–Kier alpha value is -0.398. The van der Waals surface area contributed by atoms with E-state index in [9.17, 15) is 19.8 Å². The predicted octanol–water partition coefficient (Wildman–Crippen LogP) is -0.396. The van der Waals surface area contributed by atoms with Gasteiger partial charge in [0, 0.05) is 11.9 Å². The number of carboxylic acids is 2. The van der Waals surface area contributed by atoms with Crippen LogP contribution in [0.5, 0.6) is 0 Å². The maximum absolute atomic E-state index is 10.0. The van der Waals surface area contributed by atoms with E-state index in [1.807, 2.05) is 0 Å². The molecule has 0 aliphatic rings. The van der Waals surface area contributed by atoms with E-state index in [1.54, 1.807) is 0 Å². The number of carbonyl (C=O) groups excluding carboxylic acids is 2. The van der Waals surface area contributed by atoms with E-state index < -0.39 is 11.9 Å². The van der Waals surface area contributed by atoms with Gasteiger partial charge in [-0.2, -0.15) is 0 Å². The average Bonchev–Trinajstić information content (AvgIpc) is 2.08. The fourth-order valence-electron chi connectivity index (χ4n) is 1.25. The number of hydrogen-bond donors (Lipinski definition) is 0. The van der Waals surface area contributed by atoms with Crippen LogP contribution in [-0.4, -0.2) is 11.9 Å². The Morgan fingerprint density at radius 2 is 0.933 bits per heavy atom. The average molecular weight is 307 g/mol. The molecule has 0 radical (unpaired) electrons. The van der Waals surface area contributed by atoms with Crippen molar-refractivity contribution in [3.8, 4) is 0 Å². The molecule has 5 heteroatoms. The van der Waals surface area contributed by atoms with Crippen LogP contribution < -0.4 is 10.2 Å². The molecule has 0 atom stereocenters. The summed E-state index contributed by atoms with van der Waals surface area (Å²) in [6, 6.07) is 0. The third-order valence-electron chi connectivity index (χ3n) is 2.01. The van der Waals surface area contributed by atoms with Crippen LogP contribution in [0.4, 0.5) is 0 Å². The molecular weight excluding hydrogens is 291 g/mol. The van der Waals surface area contributed by atoms with Crippen LogP contribution in [-0.2, 0) is 30.0 Å². The summed E-state index contributed by atoms with van der Waals surface area (Å²) in [6.45, 7) is 0. The summed E-state index contributed by atoms with van der Waals surface area (Å²) in [5.41, 5.74) is 0. The van der Waals surface area contributed by atoms with Gasteiger partial charge in [0.15, 0.2) is 0 Å². The molecule has 0 amide bonds. The van der Waals surface area contributed by atoms with E-state index in [2.05, 4.69) is 0 Å². The van der Waals surface area contributed by atoms with Crippen LogP contribution >= 0.6 is 0 Å². The monoisotopic (exact) mass is 306 g/mol. The minimum absolute atomic E-state index is 0. The molecule has 0 N–H and O–H groups in total. The fraction of sp³-hybridized carbons (Fsp3) is 0.800. The van der Waals surface area contributed by atoms with Crippen LogP contribution in [0, 0.1) is 0 Å². The maximum Gasteiger partial charge on any atom is 2.00 e. The quantitative estimate of drug-likeness (QED) is 0.429. The Morgan fingerprint density at radius 3 is 1.20 bits per heavy atom. The first-order valence-corrected chi connectivity index (χ1v) is 5.02. The van der Waals surface area contributed by atoms with E-state index in [1.165, 1.54) is 0 Å². The molecule has 0 rings (SSSR count). The van der Waals surface area contributed by atoms with Gasteiger partial charge in [-0.05, 0) is 25.7 Å². The first-order valence-electron chi connectivity index (χ1n) is 5.02. The van der Waals surface area contributed by atoms with E-state index in [0.717, 1.165) is 25.7 Å². The third kappa shape index (κ3) is 16.3. The molecule has 15 heavy (non-hydrogen) atoms. The van der Waals surface area contributed by atoms with Crippen molar-refractivity contribution in [2.24, 2.45) is 0 Å². The van der Waals surface area contributed by atoms with Crippen molar-refractivity contribution in [1.82, 2.24) is 0 Å². The van der Waals surface area contributed by atoms with E-state index >= 15 is 0 Å². The molecule has 0 heterocycles. The number of carbonyl (C=O) groups is 2. The molecule has 0 fully saturated rings. The smallest absolute Gasteiger partial charge is 0.550 e. The molecule has 0 saturated heterocycles. The summed E-state index contributed by atoms with van der Waals surface area (Å²) < 4.78 is 0. The van der Waals surface area contributed by atoms with Crippen LogP contribution in [0.2, 0.25) is 0 Å².